The third kappa shape index (κ3) is 2.53. The van der Waals surface area contributed by atoms with Gasteiger partial charge in [-0.15, -0.1) is 0 Å². The molecule has 0 spiro atoms. The summed E-state index contributed by atoms with van der Waals surface area (Å²) >= 11 is 0. The second-order valence-electron chi connectivity index (χ2n) is 5.24. The Hall–Kier alpha value is -2.80. The Morgan fingerprint density at radius 1 is 1.23 bits per heavy atom. The quantitative estimate of drug-likeness (QED) is 0.854. The van der Waals surface area contributed by atoms with E-state index < -0.39 is 0 Å². The third-order valence-electron chi connectivity index (χ3n) is 3.91. The first kappa shape index (κ1) is 14.2. The summed E-state index contributed by atoms with van der Waals surface area (Å²) in [7, 11) is 1.64. The van der Waals surface area contributed by atoms with Crippen molar-refractivity contribution in [2.75, 3.05) is 18.6 Å². The van der Waals surface area contributed by atoms with Crippen LogP contribution < -0.4 is 9.64 Å². The van der Waals surface area contributed by atoms with Crippen molar-refractivity contribution in [3.8, 4) is 11.8 Å². The van der Waals surface area contributed by atoms with Crippen LogP contribution in [0.2, 0.25) is 0 Å². The van der Waals surface area contributed by atoms with Crippen LogP contribution in [0.3, 0.4) is 0 Å². The first-order chi connectivity index (χ1) is 10.7. The van der Waals surface area contributed by atoms with Gasteiger partial charge in [-0.3, -0.25) is 4.79 Å². The van der Waals surface area contributed by atoms with Gasteiger partial charge < -0.3 is 9.64 Å². The first-order valence-electron chi connectivity index (χ1n) is 7.22. The Bertz CT molecular complexity index is 745. The fourth-order valence-electron chi connectivity index (χ4n) is 2.75. The van der Waals surface area contributed by atoms with Crippen LogP contribution in [-0.4, -0.2) is 19.6 Å². The molecule has 2 aromatic rings. The van der Waals surface area contributed by atoms with E-state index in [0.29, 0.717) is 17.7 Å². The summed E-state index contributed by atoms with van der Waals surface area (Å²) in [6.45, 7) is 0.707. The van der Waals surface area contributed by atoms with Crippen molar-refractivity contribution in [3.05, 3.63) is 59.2 Å². The topological polar surface area (TPSA) is 53.3 Å². The number of methoxy groups -OCH3 is 1. The fraction of sp³-hybridized carbons (Fsp3) is 0.222. The highest BCUT2D eigenvalue weighted by molar-refractivity contribution is 6.06. The summed E-state index contributed by atoms with van der Waals surface area (Å²) in [5, 5.41) is 8.84. The van der Waals surface area contributed by atoms with Gasteiger partial charge in [0, 0.05) is 17.8 Å². The van der Waals surface area contributed by atoms with Crippen LogP contribution in [0.4, 0.5) is 5.69 Å². The van der Waals surface area contributed by atoms with E-state index in [9.17, 15) is 4.79 Å². The number of fused-ring (bicyclic) bond motifs is 1. The molecule has 0 fully saturated rings. The molecule has 0 N–H and O–H groups in total. The van der Waals surface area contributed by atoms with E-state index in [-0.39, 0.29) is 5.91 Å². The van der Waals surface area contributed by atoms with Crippen molar-refractivity contribution in [2.45, 2.75) is 12.8 Å². The smallest absolute Gasteiger partial charge is 0.258 e. The van der Waals surface area contributed by atoms with Gasteiger partial charge in [-0.05, 0) is 60.9 Å². The number of hydrogen-bond acceptors (Lipinski definition) is 3. The maximum atomic E-state index is 12.7. The largest absolute Gasteiger partial charge is 0.497 e. The summed E-state index contributed by atoms with van der Waals surface area (Å²) < 4.78 is 5.25. The molecule has 0 atom stereocenters. The zero-order valence-electron chi connectivity index (χ0n) is 12.4. The van der Waals surface area contributed by atoms with Crippen molar-refractivity contribution in [2.24, 2.45) is 0 Å². The fourth-order valence-corrected chi connectivity index (χ4v) is 2.75. The van der Waals surface area contributed by atoms with Crippen LogP contribution >= 0.6 is 0 Å². The SMILES string of the molecule is COc1ccc2c(c1)CCCN2C(=O)c1ccc(C#N)cc1. The predicted molar refractivity (Wildman–Crippen MR) is 84.1 cm³/mol. The molecular weight excluding hydrogens is 276 g/mol. The van der Waals surface area contributed by atoms with Crippen LogP contribution in [0.5, 0.6) is 5.75 Å². The van der Waals surface area contributed by atoms with Crippen molar-refractivity contribution >= 4 is 11.6 Å². The molecule has 4 nitrogen and oxygen atoms in total. The number of nitriles is 1. The number of aryl methyl sites for hydroxylation is 1. The van der Waals surface area contributed by atoms with Gasteiger partial charge in [-0.1, -0.05) is 0 Å². The normalized spacial score (nSPS) is 13.2. The Morgan fingerprint density at radius 3 is 2.68 bits per heavy atom. The van der Waals surface area contributed by atoms with Gasteiger partial charge in [0.05, 0.1) is 18.7 Å². The summed E-state index contributed by atoms with van der Waals surface area (Å²) in [5.74, 6) is 0.780. The van der Waals surface area contributed by atoms with Gasteiger partial charge in [-0.25, -0.2) is 0 Å². The standard InChI is InChI=1S/C18H16N2O2/c1-22-16-8-9-17-15(11-16)3-2-10-20(17)18(21)14-6-4-13(12-19)5-7-14/h4-9,11H,2-3,10H2,1H3. The van der Waals surface area contributed by atoms with Crippen molar-refractivity contribution in [3.63, 3.8) is 0 Å². The molecule has 1 aliphatic heterocycles. The van der Waals surface area contributed by atoms with Crippen molar-refractivity contribution < 1.29 is 9.53 Å². The zero-order chi connectivity index (χ0) is 15.5. The molecule has 4 heteroatoms. The Balaban J connectivity index is 1.93. The van der Waals surface area contributed by atoms with Gasteiger partial charge in [0.2, 0.25) is 0 Å². The molecule has 0 aromatic heterocycles. The molecule has 1 amide bonds. The van der Waals surface area contributed by atoms with E-state index in [4.69, 9.17) is 10.00 Å². The number of benzene rings is 2. The summed E-state index contributed by atoms with van der Waals surface area (Å²) in [6.07, 6.45) is 1.88. The highest BCUT2D eigenvalue weighted by Crippen LogP contribution is 2.31. The maximum absolute atomic E-state index is 12.7. The monoisotopic (exact) mass is 292 g/mol. The molecule has 0 radical (unpaired) electrons. The lowest BCUT2D eigenvalue weighted by Crippen LogP contribution is -2.35. The Labute approximate surface area is 129 Å². The minimum absolute atomic E-state index is 0.0318. The van der Waals surface area contributed by atoms with Gasteiger partial charge in [0.25, 0.3) is 5.91 Å². The molecule has 3 rings (SSSR count). The number of anilines is 1. The molecule has 0 saturated carbocycles. The summed E-state index contributed by atoms with van der Waals surface area (Å²) in [6, 6.07) is 14.6. The number of carbonyl (C=O) groups is 1. The summed E-state index contributed by atoms with van der Waals surface area (Å²) in [5.41, 5.74) is 3.23. The Morgan fingerprint density at radius 2 is 2.00 bits per heavy atom. The lowest BCUT2D eigenvalue weighted by molar-refractivity contribution is 0.0985. The molecule has 0 aliphatic carbocycles. The molecular formula is C18H16N2O2. The predicted octanol–water partition coefficient (Wildman–Crippen LogP) is 3.16. The van der Waals surface area contributed by atoms with E-state index in [2.05, 4.69) is 6.07 Å². The number of rotatable bonds is 2. The van der Waals surface area contributed by atoms with E-state index in [1.165, 1.54) is 0 Å². The van der Waals surface area contributed by atoms with E-state index in [1.807, 2.05) is 18.2 Å². The molecule has 0 unspecified atom stereocenters. The minimum Gasteiger partial charge on any atom is -0.497 e. The van der Waals surface area contributed by atoms with Crippen molar-refractivity contribution in [1.29, 1.82) is 5.26 Å². The molecule has 110 valence electrons. The van der Waals surface area contributed by atoms with Gasteiger partial charge in [0.15, 0.2) is 0 Å². The average molecular weight is 292 g/mol. The molecule has 1 heterocycles. The number of ether oxygens (including phenoxy) is 1. The van der Waals surface area contributed by atoms with E-state index >= 15 is 0 Å². The van der Waals surface area contributed by atoms with E-state index in [1.54, 1.807) is 36.3 Å². The molecule has 0 bridgehead atoms. The maximum Gasteiger partial charge on any atom is 0.258 e. The molecule has 0 saturated heterocycles. The van der Waals surface area contributed by atoms with Gasteiger partial charge in [0.1, 0.15) is 5.75 Å². The number of hydrogen-bond donors (Lipinski definition) is 0. The number of carbonyl (C=O) groups excluding carboxylic acids is 1. The van der Waals surface area contributed by atoms with Gasteiger partial charge in [-0.2, -0.15) is 5.26 Å². The van der Waals surface area contributed by atoms with Crippen LogP contribution in [0.25, 0.3) is 0 Å². The lowest BCUT2D eigenvalue weighted by atomic mass is 10.00. The highest BCUT2D eigenvalue weighted by atomic mass is 16.5. The second kappa shape index (κ2) is 5.90. The van der Waals surface area contributed by atoms with Crippen LogP contribution in [0, 0.1) is 11.3 Å². The average Bonchev–Trinajstić information content (AvgIpc) is 2.60. The Kier molecular flexibility index (Phi) is 3.80. The van der Waals surface area contributed by atoms with Crippen molar-refractivity contribution in [1.82, 2.24) is 0 Å². The third-order valence-corrected chi connectivity index (χ3v) is 3.91. The van der Waals surface area contributed by atoms with Gasteiger partial charge >= 0.3 is 0 Å². The molecule has 22 heavy (non-hydrogen) atoms. The zero-order valence-corrected chi connectivity index (χ0v) is 12.4. The number of amides is 1. The number of nitrogens with zero attached hydrogens (tertiary/aromatic N) is 2. The van der Waals surface area contributed by atoms with Crippen LogP contribution in [0.1, 0.15) is 27.9 Å². The first-order valence-corrected chi connectivity index (χ1v) is 7.22. The summed E-state index contributed by atoms with van der Waals surface area (Å²) in [4.78, 5) is 14.5. The molecule has 2 aromatic carbocycles. The van der Waals surface area contributed by atoms with Crippen LogP contribution in [0.15, 0.2) is 42.5 Å². The highest BCUT2D eigenvalue weighted by Gasteiger charge is 2.23. The molecule has 1 aliphatic rings. The lowest BCUT2D eigenvalue weighted by Gasteiger charge is -2.30. The van der Waals surface area contributed by atoms with Crippen LogP contribution in [-0.2, 0) is 6.42 Å². The minimum atomic E-state index is -0.0318. The van der Waals surface area contributed by atoms with E-state index in [0.717, 1.165) is 29.8 Å². The second-order valence-corrected chi connectivity index (χ2v) is 5.24.